The Bertz CT molecular complexity index is 918. The Morgan fingerprint density at radius 2 is 1.31 bits per heavy atom. The number of esters is 3. The van der Waals surface area contributed by atoms with E-state index in [2.05, 4.69) is 13.2 Å². The van der Waals surface area contributed by atoms with E-state index >= 15 is 0 Å². The monoisotopic (exact) mass is 442 g/mol. The molecule has 0 spiro atoms. The molecule has 32 heavy (non-hydrogen) atoms. The van der Waals surface area contributed by atoms with Crippen LogP contribution in [0.25, 0.3) is 0 Å². The minimum Gasteiger partial charge on any atom is -0.478 e. The number of hydrogen-bond acceptors (Lipinski definition) is 7. The van der Waals surface area contributed by atoms with Crippen molar-refractivity contribution in [2.75, 3.05) is 13.2 Å². The number of rotatable bonds is 2. The molecule has 4 rings (SSSR count). The van der Waals surface area contributed by atoms with Gasteiger partial charge in [-0.15, -0.1) is 13.2 Å². The van der Waals surface area contributed by atoms with Gasteiger partial charge in [0.1, 0.15) is 18.8 Å². The molecule has 170 valence electrons. The molecule has 8 nitrogen and oxygen atoms in total. The lowest BCUT2D eigenvalue weighted by Crippen LogP contribution is -2.24. The van der Waals surface area contributed by atoms with Crippen molar-refractivity contribution in [2.45, 2.75) is 26.4 Å². The molecule has 0 radical (unpaired) electrons. The fourth-order valence-electron chi connectivity index (χ4n) is 2.29. The van der Waals surface area contributed by atoms with Gasteiger partial charge in [0.25, 0.3) is 0 Å². The van der Waals surface area contributed by atoms with Gasteiger partial charge in [-0.1, -0.05) is 6.07 Å². The van der Waals surface area contributed by atoms with Crippen molar-refractivity contribution in [3.63, 3.8) is 0 Å². The van der Waals surface area contributed by atoms with Crippen LogP contribution in [0.1, 0.15) is 62.2 Å². The molecule has 2 aromatic carbocycles. The quantitative estimate of drug-likeness (QED) is 0.419. The fraction of sp³-hybridized carbons (Fsp3) is 0.250. The second-order valence-corrected chi connectivity index (χ2v) is 7.24. The maximum absolute atomic E-state index is 11.6. The number of ether oxygens (including phenoxy) is 3. The second-order valence-electron chi connectivity index (χ2n) is 7.24. The highest BCUT2D eigenvalue weighted by atomic mass is 16.6. The van der Waals surface area contributed by atoms with Gasteiger partial charge in [0.05, 0.1) is 22.3 Å². The molecule has 2 aromatic rings. The lowest BCUT2D eigenvalue weighted by molar-refractivity contribution is 0.00691. The van der Waals surface area contributed by atoms with Crippen LogP contribution >= 0.6 is 0 Å². The van der Waals surface area contributed by atoms with Crippen LogP contribution in [0, 0.1) is 0 Å². The highest BCUT2D eigenvalue weighted by molar-refractivity contribution is 5.95. The Hall–Kier alpha value is -3.94. The van der Waals surface area contributed by atoms with Gasteiger partial charge in [-0.25, -0.2) is 19.2 Å². The first-order valence-corrected chi connectivity index (χ1v) is 9.58. The summed E-state index contributed by atoms with van der Waals surface area (Å²) in [6.07, 6.45) is 0. The van der Waals surface area contributed by atoms with Crippen LogP contribution in [-0.4, -0.2) is 47.8 Å². The summed E-state index contributed by atoms with van der Waals surface area (Å²) in [5.41, 5.74) is 0.626. The highest BCUT2D eigenvalue weighted by Gasteiger charge is 2.18. The number of aromatic carboxylic acids is 1. The first-order valence-electron chi connectivity index (χ1n) is 9.58. The summed E-state index contributed by atoms with van der Waals surface area (Å²) in [6.45, 7) is 11.5. The molecule has 0 fully saturated rings. The summed E-state index contributed by atoms with van der Waals surface area (Å²) in [7, 11) is 0. The smallest absolute Gasteiger partial charge is 0.338 e. The van der Waals surface area contributed by atoms with Gasteiger partial charge in [0.15, 0.2) is 0 Å². The molecule has 0 saturated heterocycles. The normalized spacial score (nSPS) is 12.6. The van der Waals surface area contributed by atoms with Crippen LogP contribution in [0.3, 0.4) is 0 Å². The Balaban J connectivity index is 0.000000299. The van der Waals surface area contributed by atoms with Crippen LogP contribution in [0.2, 0.25) is 0 Å². The van der Waals surface area contributed by atoms with Gasteiger partial charge in [-0.05, 0) is 63.2 Å². The summed E-state index contributed by atoms with van der Waals surface area (Å²) in [6, 6.07) is 12.0. The molecule has 2 aliphatic heterocycles. The summed E-state index contributed by atoms with van der Waals surface area (Å²) < 4.78 is 14.8. The van der Waals surface area contributed by atoms with Crippen molar-refractivity contribution >= 4 is 23.9 Å². The van der Waals surface area contributed by atoms with Crippen molar-refractivity contribution < 1.29 is 38.5 Å². The molecule has 0 amide bonds. The van der Waals surface area contributed by atoms with Crippen molar-refractivity contribution in [2.24, 2.45) is 0 Å². The number of benzene rings is 2. The highest BCUT2D eigenvalue weighted by Crippen LogP contribution is 2.13. The number of carbonyl (C=O) groups excluding carboxylic acids is 3. The van der Waals surface area contributed by atoms with Crippen LogP contribution in [0.15, 0.2) is 61.7 Å². The molecule has 0 saturated carbocycles. The van der Waals surface area contributed by atoms with Gasteiger partial charge in [-0.3, -0.25) is 0 Å². The number of fused-ring (bicyclic) bond motifs is 7. The minimum absolute atomic E-state index is 0.0726. The molecule has 2 bridgehead atoms. The first-order chi connectivity index (χ1) is 15.1. The largest absolute Gasteiger partial charge is 0.478 e. The van der Waals surface area contributed by atoms with E-state index in [9.17, 15) is 19.2 Å². The van der Waals surface area contributed by atoms with Gasteiger partial charge >= 0.3 is 23.9 Å². The van der Waals surface area contributed by atoms with E-state index in [0.717, 1.165) is 0 Å². The average molecular weight is 442 g/mol. The van der Waals surface area contributed by atoms with E-state index in [4.69, 9.17) is 19.3 Å². The topological polar surface area (TPSA) is 116 Å². The van der Waals surface area contributed by atoms with E-state index in [0.29, 0.717) is 11.1 Å². The number of carbonyl (C=O) groups is 4. The Morgan fingerprint density at radius 1 is 0.875 bits per heavy atom. The minimum atomic E-state index is -1.06. The predicted octanol–water partition coefficient (Wildman–Crippen LogP) is 4.16. The Morgan fingerprint density at radius 3 is 1.72 bits per heavy atom. The molecular formula is C24H26O8. The molecule has 0 aromatic heterocycles. The van der Waals surface area contributed by atoms with E-state index in [1.807, 2.05) is 0 Å². The zero-order chi connectivity index (χ0) is 24.3. The standard InChI is InChI=1S/C12H14O4.C10H8O4.C2H4/c1-12(2,3)16-11(15)9-6-4-5-8(7-9)10(13)14;11-9-7-1-2-8(4-3-7)10(12)14-6-5-13-9;1-2/h4-7H,1-3H3,(H,13,14);1-4H,5-6H2;1-2H2. The predicted molar refractivity (Wildman–Crippen MR) is 117 cm³/mol. The van der Waals surface area contributed by atoms with Crippen molar-refractivity contribution in [1.29, 1.82) is 0 Å². The summed E-state index contributed by atoms with van der Waals surface area (Å²) in [4.78, 5) is 44.8. The van der Waals surface area contributed by atoms with Crippen LogP contribution in [0.5, 0.6) is 0 Å². The van der Waals surface area contributed by atoms with Gasteiger partial charge < -0.3 is 19.3 Å². The van der Waals surface area contributed by atoms with E-state index in [1.165, 1.54) is 24.3 Å². The molecule has 8 heteroatoms. The van der Waals surface area contributed by atoms with Crippen LogP contribution in [0.4, 0.5) is 0 Å². The molecule has 0 atom stereocenters. The summed E-state index contributed by atoms with van der Waals surface area (Å²) >= 11 is 0. The molecule has 0 unspecified atom stereocenters. The number of hydrogen-bond donors (Lipinski definition) is 1. The maximum Gasteiger partial charge on any atom is 0.338 e. The van der Waals surface area contributed by atoms with Crippen molar-refractivity contribution in [1.82, 2.24) is 0 Å². The summed E-state index contributed by atoms with van der Waals surface area (Å²) in [5.74, 6) is -2.37. The molecule has 2 heterocycles. The average Bonchev–Trinajstić information content (AvgIpc) is 2.77. The van der Waals surface area contributed by atoms with Crippen LogP contribution < -0.4 is 0 Å². The Kier molecular flexibility index (Phi) is 9.82. The lowest BCUT2D eigenvalue weighted by Gasteiger charge is -2.19. The van der Waals surface area contributed by atoms with Gasteiger partial charge in [-0.2, -0.15) is 0 Å². The first kappa shape index (κ1) is 26.1. The molecule has 1 N–H and O–H groups in total. The zero-order valence-corrected chi connectivity index (χ0v) is 18.3. The lowest BCUT2D eigenvalue weighted by atomic mass is 10.1. The molecule has 2 aliphatic rings. The number of carboxylic acid groups (broad SMARTS) is 1. The second kappa shape index (κ2) is 12.0. The summed E-state index contributed by atoms with van der Waals surface area (Å²) in [5, 5.41) is 8.77. The van der Waals surface area contributed by atoms with E-state index in [1.54, 1.807) is 45.0 Å². The van der Waals surface area contributed by atoms with E-state index < -0.39 is 29.5 Å². The van der Waals surface area contributed by atoms with Gasteiger partial charge in [0, 0.05) is 0 Å². The van der Waals surface area contributed by atoms with E-state index in [-0.39, 0.29) is 24.3 Å². The maximum atomic E-state index is 11.6. The third-order valence-corrected chi connectivity index (χ3v) is 3.65. The zero-order valence-electron chi connectivity index (χ0n) is 18.3. The SMILES string of the molecule is C=C.CC(C)(C)OC(=O)c1cccc(C(=O)O)c1.O=C1OCCOC(=O)c2ccc1cc2. The molecular weight excluding hydrogens is 416 g/mol. The Labute approximate surface area is 186 Å². The fourth-order valence-corrected chi connectivity index (χ4v) is 2.29. The third kappa shape index (κ3) is 8.43. The molecule has 0 aliphatic carbocycles. The number of carboxylic acids is 1. The third-order valence-electron chi connectivity index (χ3n) is 3.65. The van der Waals surface area contributed by atoms with Crippen molar-refractivity contribution in [3.05, 3.63) is 83.9 Å². The van der Waals surface area contributed by atoms with Gasteiger partial charge in [0.2, 0.25) is 0 Å². The van der Waals surface area contributed by atoms with Crippen molar-refractivity contribution in [3.8, 4) is 0 Å². The van der Waals surface area contributed by atoms with Crippen LogP contribution in [-0.2, 0) is 14.2 Å².